The van der Waals surface area contributed by atoms with E-state index in [0.717, 1.165) is 54.5 Å². The van der Waals surface area contributed by atoms with Crippen LogP contribution >= 0.6 is 11.6 Å². The van der Waals surface area contributed by atoms with E-state index in [1.54, 1.807) is 0 Å². The molecule has 1 fully saturated rings. The van der Waals surface area contributed by atoms with E-state index in [4.69, 9.17) is 30.6 Å². The van der Waals surface area contributed by atoms with Crippen molar-refractivity contribution in [2.24, 2.45) is 0 Å². The standard InChI is InChI=1S/C24H27ClN4O4/c1-3-32-22-13-18-11-21-20(24(29(16-25)30-2)19(14-26)15-27-21)10-17(18)12-23(22)33-9-6-28-4-7-31-8-5-28/h10-13,15H,3-9,16H2,1-2H3. The summed E-state index contributed by atoms with van der Waals surface area (Å²) in [5, 5.41) is 13.8. The van der Waals surface area contributed by atoms with Crippen molar-refractivity contribution in [2.45, 2.75) is 6.92 Å². The number of pyridine rings is 1. The molecule has 0 saturated carbocycles. The Kier molecular flexibility index (Phi) is 7.68. The van der Waals surface area contributed by atoms with Crippen LogP contribution in [0.15, 0.2) is 30.5 Å². The number of fused-ring (bicyclic) bond motifs is 2. The van der Waals surface area contributed by atoms with Gasteiger partial charge in [0.05, 0.1) is 43.7 Å². The van der Waals surface area contributed by atoms with Gasteiger partial charge in [-0.25, -0.2) is 5.06 Å². The van der Waals surface area contributed by atoms with Crippen LogP contribution in [-0.2, 0) is 9.57 Å². The zero-order valence-electron chi connectivity index (χ0n) is 18.8. The number of hydroxylamine groups is 1. The molecule has 0 spiro atoms. The maximum Gasteiger partial charge on any atom is 0.161 e. The van der Waals surface area contributed by atoms with Crippen molar-refractivity contribution in [2.75, 3.05) is 64.2 Å². The van der Waals surface area contributed by atoms with E-state index < -0.39 is 0 Å². The highest BCUT2D eigenvalue weighted by molar-refractivity contribution is 6.19. The molecule has 2 aromatic carbocycles. The molecule has 1 saturated heterocycles. The molecule has 9 heteroatoms. The van der Waals surface area contributed by atoms with E-state index in [1.165, 1.54) is 18.4 Å². The number of alkyl halides is 1. The predicted octanol–water partition coefficient (Wildman–Crippen LogP) is 3.93. The van der Waals surface area contributed by atoms with Gasteiger partial charge in [0.15, 0.2) is 11.5 Å². The van der Waals surface area contributed by atoms with Gasteiger partial charge in [-0.05, 0) is 42.0 Å². The minimum atomic E-state index is 0.0709. The van der Waals surface area contributed by atoms with Crippen LogP contribution in [0.1, 0.15) is 12.5 Å². The van der Waals surface area contributed by atoms with Crippen LogP contribution in [0.2, 0.25) is 0 Å². The fourth-order valence-corrected chi connectivity index (χ4v) is 4.19. The van der Waals surface area contributed by atoms with E-state index in [2.05, 4.69) is 16.0 Å². The van der Waals surface area contributed by atoms with Gasteiger partial charge in [-0.2, -0.15) is 5.26 Å². The SMILES string of the molecule is CCOc1cc2cc3ncc(C#N)c(N(CCl)OC)c3cc2cc1OCCN1CCOCC1. The summed E-state index contributed by atoms with van der Waals surface area (Å²) in [5.74, 6) is 1.38. The number of nitrogens with zero attached hydrogens (tertiary/aromatic N) is 4. The van der Waals surface area contributed by atoms with E-state index in [0.29, 0.717) is 36.0 Å². The first-order chi connectivity index (χ1) is 16.2. The molecule has 1 aliphatic rings. The van der Waals surface area contributed by atoms with Crippen LogP contribution in [0.25, 0.3) is 21.7 Å². The lowest BCUT2D eigenvalue weighted by Gasteiger charge is -2.26. The molecule has 0 atom stereocenters. The quantitative estimate of drug-likeness (QED) is 0.201. The molecule has 0 N–H and O–H groups in total. The Morgan fingerprint density at radius 3 is 2.55 bits per heavy atom. The first kappa shape index (κ1) is 23.3. The second-order valence-corrected chi connectivity index (χ2v) is 7.80. The molecule has 1 aliphatic heterocycles. The Balaban J connectivity index is 1.73. The van der Waals surface area contributed by atoms with Crippen LogP contribution < -0.4 is 14.5 Å². The first-order valence-corrected chi connectivity index (χ1v) is 11.5. The summed E-state index contributed by atoms with van der Waals surface area (Å²) in [7, 11) is 1.52. The summed E-state index contributed by atoms with van der Waals surface area (Å²) in [5.41, 5.74) is 1.70. The lowest BCUT2D eigenvalue weighted by atomic mass is 10.0. The van der Waals surface area contributed by atoms with Crippen molar-refractivity contribution in [3.05, 3.63) is 36.0 Å². The van der Waals surface area contributed by atoms with E-state index in [1.807, 2.05) is 31.2 Å². The Morgan fingerprint density at radius 2 is 1.88 bits per heavy atom. The first-order valence-electron chi connectivity index (χ1n) is 10.9. The predicted molar refractivity (Wildman–Crippen MR) is 128 cm³/mol. The number of hydrogen-bond donors (Lipinski definition) is 0. The van der Waals surface area contributed by atoms with Crippen molar-refractivity contribution in [1.82, 2.24) is 9.88 Å². The molecule has 3 aromatic rings. The fourth-order valence-electron chi connectivity index (χ4n) is 3.97. The normalized spacial score (nSPS) is 14.4. The molecule has 4 rings (SSSR count). The van der Waals surface area contributed by atoms with Crippen LogP contribution in [-0.4, -0.2) is 69.1 Å². The number of aromatic nitrogens is 1. The fraction of sp³-hybridized carbons (Fsp3) is 0.417. The molecule has 0 unspecified atom stereocenters. The molecular weight excluding hydrogens is 444 g/mol. The third kappa shape index (κ3) is 5.07. The molecule has 33 heavy (non-hydrogen) atoms. The number of rotatable bonds is 9. The van der Waals surface area contributed by atoms with Crippen molar-refractivity contribution in [1.29, 1.82) is 5.26 Å². The lowest BCUT2D eigenvalue weighted by molar-refractivity contribution is 0.0321. The molecule has 2 heterocycles. The van der Waals surface area contributed by atoms with Gasteiger partial charge in [-0.1, -0.05) is 0 Å². The summed E-state index contributed by atoms with van der Waals surface area (Å²) < 4.78 is 17.4. The van der Waals surface area contributed by atoms with Gasteiger partial charge in [0, 0.05) is 31.2 Å². The molecule has 1 aromatic heterocycles. The van der Waals surface area contributed by atoms with E-state index in [-0.39, 0.29) is 6.00 Å². The number of anilines is 1. The van der Waals surface area contributed by atoms with Gasteiger partial charge in [0.25, 0.3) is 0 Å². The van der Waals surface area contributed by atoms with Gasteiger partial charge in [0.1, 0.15) is 18.7 Å². The lowest BCUT2D eigenvalue weighted by Crippen LogP contribution is -2.38. The minimum absolute atomic E-state index is 0.0709. The number of hydrogen-bond acceptors (Lipinski definition) is 8. The Bertz CT molecular complexity index is 1160. The smallest absolute Gasteiger partial charge is 0.161 e. The molecule has 8 nitrogen and oxygen atoms in total. The number of ether oxygens (including phenoxy) is 3. The van der Waals surface area contributed by atoms with Crippen molar-refractivity contribution in [3.63, 3.8) is 0 Å². The van der Waals surface area contributed by atoms with Gasteiger partial charge >= 0.3 is 0 Å². The monoisotopic (exact) mass is 470 g/mol. The maximum absolute atomic E-state index is 9.61. The average Bonchev–Trinajstić information content (AvgIpc) is 2.85. The van der Waals surface area contributed by atoms with Crippen LogP contribution in [0, 0.1) is 11.3 Å². The molecular formula is C24H27ClN4O4. The van der Waals surface area contributed by atoms with Gasteiger partial charge < -0.3 is 14.2 Å². The summed E-state index contributed by atoms with van der Waals surface area (Å²) in [6.07, 6.45) is 1.54. The number of morpholine rings is 1. The van der Waals surface area contributed by atoms with Gasteiger partial charge in [-0.3, -0.25) is 14.7 Å². The number of halogens is 1. The zero-order valence-corrected chi connectivity index (χ0v) is 19.6. The van der Waals surface area contributed by atoms with Gasteiger partial charge in [0.2, 0.25) is 0 Å². The Hall–Kier alpha value is -2.83. The van der Waals surface area contributed by atoms with Crippen LogP contribution in [0.3, 0.4) is 0 Å². The van der Waals surface area contributed by atoms with Gasteiger partial charge in [-0.15, -0.1) is 11.6 Å². The molecule has 0 radical (unpaired) electrons. The average molecular weight is 471 g/mol. The number of benzene rings is 2. The Morgan fingerprint density at radius 1 is 1.15 bits per heavy atom. The van der Waals surface area contributed by atoms with Crippen LogP contribution in [0.5, 0.6) is 11.5 Å². The number of nitriles is 1. The summed E-state index contributed by atoms with van der Waals surface area (Å²) >= 11 is 6.07. The topological polar surface area (TPSA) is 80.1 Å². The second-order valence-electron chi connectivity index (χ2n) is 7.56. The summed E-state index contributed by atoms with van der Waals surface area (Å²) in [4.78, 5) is 12.2. The zero-order chi connectivity index (χ0) is 23.2. The van der Waals surface area contributed by atoms with E-state index >= 15 is 0 Å². The van der Waals surface area contributed by atoms with Crippen molar-refractivity contribution >= 4 is 39.0 Å². The van der Waals surface area contributed by atoms with Crippen molar-refractivity contribution in [3.8, 4) is 17.6 Å². The molecule has 0 aliphatic carbocycles. The Labute approximate surface area is 198 Å². The highest BCUT2D eigenvalue weighted by atomic mass is 35.5. The highest BCUT2D eigenvalue weighted by Crippen LogP contribution is 2.37. The molecule has 174 valence electrons. The van der Waals surface area contributed by atoms with Crippen molar-refractivity contribution < 1.29 is 19.0 Å². The minimum Gasteiger partial charge on any atom is -0.490 e. The second kappa shape index (κ2) is 10.9. The maximum atomic E-state index is 9.61. The molecule has 0 amide bonds. The summed E-state index contributed by atoms with van der Waals surface area (Å²) in [6.45, 7) is 7.20. The molecule has 0 bridgehead atoms. The largest absolute Gasteiger partial charge is 0.490 e. The van der Waals surface area contributed by atoms with Crippen LogP contribution in [0.4, 0.5) is 5.69 Å². The van der Waals surface area contributed by atoms with E-state index in [9.17, 15) is 5.26 Å². The third-order valence-electron chi connectivity index (χ3n) is 5.63. The highest BCUT2D eigenvalue weighted by Gasteiger charge is 2.18. The third-order valence-corrected chi connectivity index (χ3v) is 5.84. The summed E-state index contributed by atoms with van der Waals surface area (Å²) in [6, 6.07) is 10.1.